The second-order valence-electron chi connectivity index (χ2n) is 2.48. The van der Waals surface area contributed by atoms with Crippen LogP contribution in [0, 0.1) is 5.92 Å². The van der Waals surface area contributed by atoms with Gasteiger partial charge in [-0.05, 0) is 13.8 Å². The Bertz CT molecular complexity index is 73.3. The lowest BCUT2D eigenvalue weighted by Crippen LogP contribution is -2.23. The van der Waals surface area contributed by atoms with Gasteiger partial charge in [0.25, 0.3) is 0 Å². The van der Waals surface area contributed by atoms with E-state index in [4.69, 9.17) is 4.74 Å². The quantitative estimate of drug-likeness (QED) is 0.573. The molecule has 2 heteroatoms. The molecule has 0 aliphatic heterocycles. The van der Waals surface area contributed by atoms with E-state index < -0.39 is 6.17 Å². The summed E-state index contributed by atoms with van der Waals surface area (Å²) in [4.78, 5) is 0. The Kier molecular flexibility index (Phi) is 3.78. The lowest BCUT2D eigenvalue weighted by molar-refractivity contribution is 0.0418. The minimum Gasteiger partial charge on any atom is -0.381 e. The summed E-state index contributed by atoms with van der Waals surface area (Å²) in [5.74, 6) is -0.00463. The zero-order chi connectivity index (χ0) is 7.44. The third-order valence-electron chi connectivity index (χ3n) is 1.84. The van der Waals surface area contributed by atoms with Crippen LogP contribution < -0.4 is 0 Å². The fraction of sp³-hybridized carbons (Fsp3) is 1.00. The topological polar surface area (TPSA) is 9.23 Å². The molecule has 9 heavy (non-hydrogen) atoms. The average molecular weight is 134 g/mol. The van der Waals surface area contributed by atoms with E-state index in [2.05, 4.69) is 0 Å². The summed E-state index contributed by atoms with van der Waals surface area (Å²) < 4.78 is 17.4. The molecular weight excluding hydrogens is 119 g/mol. The molecule has 0 bridgehead atoms. The van der Waals surface area contributed by atoms with E-state index in [0.29, 0.717) is 0 Å². The van der Waals surface area contributed by atoms with Gasteiger partial charge in [0.15, 0.2) is 0 Å². The molecule has 0 fully saturated rings. The standard InChI is InChI=1S/C7H15FO/c1-5(6(2)8)7(3)9-4/h5-7H,1-4H3. The van der Waals surface area contributed by atoms with Gasteiger partial charge < -0.3 is 4.74 Å². The third kappa shape index (κ3) is 2.80. The van der Waals surface area contributed by atoms with E-state index >= 15 is 0 Å². The van der Waals surface area contributed by atoms with E-state index in [0.717, 1.165) is 0 Å². The Morgan fingerprint density at radius 2 is 1.67 bits per heavy atom. The first kappa shape index (κ1) is 8.89. The Morgan fingerprint density at radius 1 is 1.22 bits per heavy atom. The van der Waals surface area contributed by atoms with Gasteiger partial charge in [0.1, 0.15) is 6.17 Å². The molecule has 0 N–H and O–H groups in total. The van der Waals surface area contributed by atoms with E-state index in [1.165, 1.54) is 0 Å². The van der Waals surface area contributed by atoms with Crippen molar-refractivity contribution in [3.63, 3.8) is 0 Å². The summed E-state index contributed by atoms with van der Waals surface area (Å²) in [5.41, 5.74) is 0. The second kappa shape index (κ2) is 3.83. The zero-order valence-electron chi connectivity index (χ0n) is 6.52. The highest BCUT2D eigenvalue weighted by Gasteiger charge is 2.17. The number of hydrogen-bond acceptors (Lipinski definition) is 1. The van der Waals surface area contributed by atoms with Gasteiger partial charge in [-0.3, -0.25) is 0 Å². The Morgan fingerprint density at radius 3 is 1.78 bits per heavy atom. The average Bonchev–Trinajstić information content (AvgIpc) is 1.84. The molecule has 0 amide bonds. The van der Waals surface area contributed by atoms with Crippen LogP contribution >= 0.6 is 0 Å². The molecule has 1 nitrogen and oxygen atoms in total. The zero-order valence-corrected chi connectivity index (χ0v) is 6.52. The molecule has 3 atom stereocenters. The second-order valence-corrected chi connectivity index (χ2v) is 2.48. The SMILES string of the molecule is COC(C)C(C)C(C)F. The summed E-state index contributed by atoms with van der Waals surface area (Å²) in [6.45, 7) is 5.28. The highest BCUT2D eigenvalue weighted by Crippen LogP contribution is 2.12. The van der Waals surface area contributed by atoms with Crippen molar-refractivity contribution in [1.29, 1.82) is 0 Å². The van der Waals surface area contributed by atoms with Crippen LogP contribution in [0.5, 0.6) is 0 Å². The summed E-state index contributed by atoms with van der Waals surface area (Å²) in [6.07, 6.45) is -0.759. The van der Waals surface area contributed by atoms with Gasteiger partial charge in [-0.15, -0.1) is 0 Å². The summed E-state index contributed by atoms with van der Waals surface area (Å²) >= 11 is 0. The van der Waals surface area contributed by atoms with Crippen LogP contribution in [0.25, 0.3) is 0 Å². The van der Waals surface area contributed by atoms with Gasteiger partial charge in [0.05, 0.1) is 6.10 Å². The van der Waals surface area contributed by atoms with Crippen molar-refractivity contribution in [2.75, 3.05) is 7.11 Å². The van der Waals surface area contributed by atoms with Gasteiger partial charge in [-0.25, -0.2) is 4.39 Å². The molecule has 0 aromatic heterocycles. The maximum atomic E-state index is 12.5. The normalized spacial score (nSPS) is 21.0. The summed E-state index contributed by atoms with van der Waals surface area (Å²) in [5, 5.41) is 0. The van der Waals surface area contributed by atoms with Gasteiger partial charge in [0.2, 0.25) is 0 Å². The molecule has 0 aromatic rings. The lowest BCUT2D eigenvalue weighted by atomic mass is 10.0. The van der Waals surface area contributed by atoms with Crippen LogP contribution in [0.15, 0.2) is 0 Å². The molecule has 0 saturated carbocycles. The molecule has 0 spiro atoms. The molecule has 0 rings (SSSR count). The van der Waals surface area contributed by atoms with Crippen molar-refractivity contribution in [3.05, 3.63) is 0 Å². The van der Waals surface area contributed by atoms with Crippen molar-refractivity contribution in [2.24, 2.45) is 5.92 Å². The fourth-order valence-electron chi connectivity index (χ4n) is 0.588. The molecule has 0 saturated heterocycles. The van der Waals surface area contributed by atoms with Crippen LogP contribution in [0.3, 0.4) is 0 Å². The van der Waals surface area contributed by atoms with Crippen molar-refractivity contribution >= 4 is 0 Å². The Labute approximate surface area is 56.2 Å². The van der Waals surface area contributed by atoms with Crippen molar-refractivity contribution < 1.29 is 9.13 Å². The molecular formula is C7H15FO. The van der Waals surface area contributed by atoms with Gasteiger partial charge in [-0.1, -0.05) is 6.92 Å². The molecule has 56 valence electrons. The molecule has 0 aliphatic rings. The van der Waals surface area contributed by atoms with Crippen LogP contribution in [-0.2, 0) is 4.74 Å². The smallest absolute Gasteiger partial charge is 0.102 e. The van der Waals surface area contributed by atoms with E-state index in [1.807, 2.05) is 13.8 Å². The number of halogens is 1. The maximum Gasteiger partial charge on any atom is 0.102 e. The Balaban J connectivity index is 3.58. The fourth-order valence-corrected chi connectivity index (χ4v) is 0.588. The van der Waals surface area contributed by atoms with Crippen molar-refractivity contribution in [2.45, 2.75) is 33.0 Å². The van der Waals surface area contributed by atoms with Gasteiger partial charge in [0, 0.05) is 13.0 Å². The van der Waals surface area contributed by atoms with Crippen LogP contribution in [0.2, 0.25) is 0 Å². The first-order valence-electron chi connectivity index (χ1n) is 3.26. The van der Waals surface area contributed by atoms with Crippen LogP contribution in [-0.4, -0.2) is 19.4 Å². The third-order valence-corrected chi connectivity index (χ3v) is 1.84. The number of ether oxygens (including phenoxy) is 1. The lowest BCUT2D eigenvalue weighted by Gasteiger charge is -2.18. The molecule has 3 unspecified atom stereocenters. The van der Waals surface area contributed by atoms with Crippen LogP contribution in [0.4, 0.5) is 4.39 Å². The number of hydrogen-bond donors (Lipinski definition) is 0. The predicted molar refractivity (Wildman–Crippen MR) is 36.2 cm³/mol. The summed E-state index contributed by atoms with van der Waals surface area (Å²) in [7, 11) is 1.60. The van der Waals surface area contributed by atoms with E-state index in [-0.39, 0.29) is 12.0 Å². The van der Waals surface area contributed by atoms with E-state index in [9.17, 15) is 4.39 Å². The molecule has 0 radical (unpaired) electrons. The predicted octanol–water partition coefficient (Wildman–Crippen LogP) is 2.02. The highest BCUT2D eigenvalue weighted by atomic mass is 19.1. The summed E-state index contributed by atoms with van der Waals surface area (Å²) in [6, 6.07) is 0. The first-order chi connectivity index (χ1) is 4.09. The van der Waals surface area contributed by atoms with Crippen LogP contribution in [0.1, 0.15) is 20.8 Å². The van der Waals surface area contributed by atoms with Gasteiger partial charge >= 0.3 is 0 Å². The monoisotopic (exact) mass is 134 g/mol. The Hall–Kier alpha value is -0.110. The van der Waals surface area contributed by atoms with E-state index in [1.54, 1.807) is 14.0 Å². The minimum absolute atomic E-state index is 0.00463. The largest absolute Gasteiger partial charge is 0.381 e. The maximum absolute atomic E-state index is 12.5. The first-order valence-corrected chi connectivity index (χ1v) is 3.26. The number of alkyl halides is 1. The molecule has 0 heterocycles. The van der Waals surface area contributed by atoms with Crippen molar-refractivity contribution in [1.82, 2.24) is 0 Å². The molecule has 0 aromatic carbocycles. The highest BCUT2D eigenvalue weighted by molar-refractivity contribution is 4.65. The number of rotatable bonds is 3. The minimum atomic E-state index is -0.778. The number of methoxy groups -OCH3 is 1. The van der Waals surface area contributed by atoms with Crippen molar-refractivity contribution in [3.8, 4) is 0 Å². The molecule has 0 aliphatic carbocycles. The van der Waals surface area contributed by atoms with Gasteiger partial charge in [-0.2, -0.15) is 0 Å².